The Morgan fingerprint density at radius 2 is 1.67 bits per heavy atom. The van der Waals surface area contributed by atoms with Gasteiger partial charge < -0.3 is 10.1 Å². The summed E-state index contributed by atoms with van der Waals surface area (Å²) < 4.78 is 6.12. The summed E-state index contributed by atoms with van der Waals surface area (Å²) in [6.07, 6.45) is -0.295. The van der Waals surface area contributed by atoms with E-state index in [-0.39, 0.29) is 24.0 Å². The van der Waals surface area contributed by atoms with E-state index in [2.05, 4.69) is 5.32 Å². The number of benzene rings is 2. The van der Waals surface area contributed by atoms with Crippen LogP contribution in [0.25, 0.3) is 0 Å². The van der Waals surface area contributed by atoms with E-state index >= 15 is 0 Å². The zero-order valence-corrected chi connectivity index (χ0v) is 12.2. The quantitative estimate of drug-likeness (QED) is 0.937. The van der Waals surface area contributed by atoms with E-state index in [1.807, 2.05) is 68.4 Å². The zero-order chi connectivity index (χ0) is 14.8. The van der Waals surface area contributed by atoms with Gasteiger partial charge in [0.05, 0.1) is 5.56 Å². The molecule has 2 atom stereocenters. The Hall–Kier alpha value is -2.13. The Bertz CT molecular complexity index is 637. The van der Waals surface area contributed by atoms with Gasteiger partial charge in [0.2, 0.25) is 0 Å². The zero-order valence-electron chi connectivity index (χ0n) is 12.2. The number of para-hydroxylation sites is 1. The van der Waals surface area contributed by atoms with Gasteiger partial charge in [0.25, 0.3) is 0 Å². The lowest BCUT2D eigenvalue weighted by atomic mass is 9.91. The fraction of sp³-hybridized carbons (Fsp3) is 0.278. The third-order valence-corrected chi connectivity index (χ3v) is 3.63. The fourth-order valence-electron chi connectivity index (χ4n) is 2.71. The Kier molecular flexibility index (Phi) is 3.76. The first kappa shape index (κ1) is 13.8. The standard InChI is InChI=1S/C18H19NO2/c1-12(2)19-16-17(20)14-10-6-7-11-15(14)21-18(16)13-8-4-3-5-9-13/h3-12,16,18-19H,1-2H3/t16-,18-/m1/s1. The first-order chi connectivity index (χ1) is 10.2. The highest BCUT2D eigenvalue weighted by atomic mass is 16.5. The molecule has 0 aliphatic carbocycles. The van der Waals surface area contributed by atoms with Gasteiger partial charge >= 0.3 is 0 Å². The molecular weight excluding hydrogens is 262 g/mol. The monoisotopic (exact) mass is 281 g/mol. The van der Waals surface area contributed by atoms with Crippen LogP contribution >= 0.6 is 0 Å². The molecule has 3 heteroatoms. The van der Waals surface area contributed by atoms with Crippen molar-refractivity contribution in [1.82, 2.24) is 5.32 Å². The minimum absolute atomic E-state index is 0.0967. The summed E-state index contributed by atoms with van der Waals surface area (Å²) in [6.45, 7) is 4.08. The van der Waals surface area contributed by atoms with Crippen molar-refractivity contribution < 1.29 is 9.53 Å². The average molecular weight is 281 g/mol. The van der Waals surface area contributed by atoms with Crippen LogP contribution in [0.15, 0.2) is 54.6 Å². The number of rotatable bonds is 3. The number of Topliss-reactive ketones (excluding diaryl/α,β-unsaturated/α-hetero) is 1. The van der Waals surface area contributed by atoms with Gasteiger partial charge in [-0.1, -0.05) is 56.3 Å². The molecule has 0 spiro atoms. The second-order valence-electron chi connectivity index (χ2n) is 5.61. The topological polar surface area (TPSA) is 38.3 Å². The van der Waals surface area contributed by atoms with Crippen molar-refractivity contribution in [2.24, 2.45) is 0 Å². The third kappa shape index (κ3) is 2.69. The summed E-state index contributed by atoms with van der Waals surface area (Å²) in [4.78, 5) is 12.8. The Morgan fingerprint density at radius 3 is 2.38 bits per heavy atom. The number of ketones is 1. The summed E-state index contributed by atoms with van der Waals surface area (Å²) in [5.41, 5.74) is 1.67. The molecule has 3 rings (SSSR count). The maximum atomic E-state index is 12.8. The molecule has 2 aromatic rings. The van der Waals surface area contributed by atoms with Crippen molar-refractivity contribution in [3.63, 3.8) is 0 Å². The molecule has 21 heavy (non-hydrogen) atoms. The van der Waals surface area contributed by atoms with E-state index < -0.39 is 0 Å². The van der Waals surface area contributed by atoms with Gasteiger partial charge in [-0.25, -0.2) is 0 Å². The Labute approximate surface area is 124 Å². The largest absolute Gasteiger partial charge is 0.483 e. The van der Waals surface area contributed by atoms with Crippen LogP contribution in [0.1, 0.15) is 35.9 Å². The lowest BCUT2D eigenvalue weighted by molar-refractivity contribution is 0.0721. The Morgan fingerprint density at radius 1 is 1.00 bits per heavy atom. The number of fused-ring (bicyclic) bond motifs is 1. The average Bonchev–Trinajstić information content (AvgIpc) is 2.50. The van der Waals surface area contributed by atoms with Crippen molar-refractivity contribution in [2.75, 3.05) is 0 Å². The summed E-state index contributed by atoms with van der Waals surface area (Å²) in [5.74, 6) is 0.762. The molecule has 1 N–H and O–H groups in total. The first-order valence-corrected chi connectivity index (χ1v) is 7.27. The van der Waals surface area contributed by atoms with Crippen molar-refractivity contribution in [2.45, 2.75) is 32.0 Å². The maximum Gasteiger partial charge on any atom is 0.187 e. The van der Waals surface area contributed by atoms with Gasteiger partial charge in [-0.2, -0.15) is 0 Å². The first-order valence-electron chi connectivity index (χ1n) is 7.27. The van der Waals surface area contributed by atoms with Crippen LogP contribution in [0.2, 0.25) is 0 Å². The van der Waals surface area contributed by atoms with Crippen molar-refractivity contribution in [3.8, 4) is 5.75 Å². The molecule has 0 aromatic heterocycles. The molecule has 1 aliphatic rings. The van der Waals surface area contributed by atoms with Crippen molar-refractivity contribution >= 4 is 5.78 Å². The fourth-order valence-corrected chi connectivity index (χ4v) is 2.71. The number of hydrogen-bond acceptors (Lipinski definition) is 3. The molecule has 0 saturated heterocycles. The van der Waals surface area contributed by atoms with Gasteiger partial charge in [0, 0.05) is 6.04 Å². The molecule has 2 aromatic carbocycles. The summed E-state index contributed by atoms with van der Waals surface area (Å²) in [6, 6.07) is 17.2. The number of carbonyl (C=O) groups is 1. The molecular formula is C18H19NO2. The van der Waals surface area contributed by atoms with Crippen LogP contribution in [-0.4, -0.2) is 17.9 Å². The summed E-state index contributed by atoms with van der Waals surface area (Å²) in [5, 5.41) is 3.35. The van der Waals surface area contributed by atoms with E-state index in [0.717, 1.165) is 5.56 Å². The highest BCUT2D eigenvalue weighted by Crippen LogP contribution is 2.35. The maximum absolute atomic E-state index is 12.8. The molecule has 0 radical (unpaired) electrons. The molecule has 1 heterocycles. The van der Waals surface area contributed by atoms with Gasteiger partial charge in [-0.15, -0.1) is 0 Å². The minimum Gasteiger partial charge on any atom is -0.483 e. The number of carbonyl (C=O) groups excluding carboxylic acids is 1. The van der Waals surface area contributed by atoms with E-state index in [1.54, 1.807) is 0 Å². The second-order valence-corrected chi connectivity index (χ2v) is 5.61. The van der Waals surface area contributed by atoms with Crippen LogP contribution in [0.5, 0.6) is 5.75 Å². The smallest absolute Gasteiger partial charge is 0.187 e. The summed E-state index contributed by atoms with van der Waals surface area (Å²) in [7, 11) is 0. The van der Waals surface area contributed by atoms with E-state index in [4.69, 9.17) is 4.74 Å². The highest BCUT2D eigenvalue weighted by molar-refractivity contribution is 6.03. The normalized spacial score (nSPS) is 21.0. The van der Waals surface area contributed by atoms with Crippen LogP contribution < -0.4 is 10.1 Å². The minimum atomic E-state index is -0.359. The molecule has 0 unspecified atom stereocenters. The van der Waals surface area contributed by atoms with Gasteiger partial charge in [-0.05, 0) is 17.7 Å². The van der Waals surface area contributed by atoms with Crippen LogP contribution in [0.4, 0.5) is 0 Å². The van der Waals surface area contributed by atoms with Crippen molar-refractivity contribution in [1.29, 1.82) is 0 Å². The highest BCUT2D eigenvalue weighted by Gasteiger charge is 2.38. The van der Waals surface area contributed by atoms with Crippen LogP contribution in [-0.2, 0) is 0 Å². The van der Waals surface area contributed by atoms with E-state index in [0.29, 0.717) is 11.3 Å². The van der Waals surface area contributed by atoms with Crippen LogP contribution in [0, 0.1) is 0 Å². The van der Waals surface area contributed by atoms with E-state index in [9.17, 15) is 4.79 Å². The molecule has 0 fully saturated rings. The van der Waals surface area contributed by atoms with Gasteiger partial charge in [0.1, 0.15) is 17.9 Å². The van der Waals surface area contributed by atoms with Gasteiger partial charge in [-0.3, -0.25) is 4.79 Å². The molecule has 0 saturated carbocycles. The summed E-state index contributed by atoms with van der Waals surface area (Å²) >= 11 is 0. The predicted molar refractivity (Wildman–Crippen MR) is 82.6 cm³/mol. The number of hydrogen-bond donors (Lipinski definition) is 1. The lowest BCUT2D eigenvalue weighted by Crippen LogP contribution is -2.49. The molecule has 0 bridgehead atoms. The number of nitrogens with one attached hydrogen (secondary N) is 1. The van der Waals surface area contributed by atoms with Gasteiger partial charge in [0.15, 0.2) is 5.78 Å². The molecule has 3 nitrogen and oxygen atoms in total. The molecule has 108 valence electrons. The third-order valence-electron chi connectivity index (χ3n) is 3.63. The second kappa shape index (κ2) is 5.70. The lowest BCUT2D eigenvalue weighted by Gasteiger charge is -2.34. The SMILES string of the molecule is CC(C)N[C@@H]1C(=O)c2ccccc2O[C@@H]1c1ccccc1. The van der Waals surface area contributed by atoms with Crippen LogP contribution in [0.3, 0.4) is 0 Å². The molecule has 0 amide bonds. The number of ether oxygens (including phenoxy) is 1. The van der Waals surface area contributed by atoms with Crippen molar-refractivity contribution in [3.05, 3.63) is 65.7 Å². The predicted octanol–water partition coefficient (Wildman–Crippen LogP) is 3.37. The Balaban J connectivity index is 2.03. The van der Waals surface area contributed by atoms with E-state index in [1.165, 1.54) is 0 Å². The molecule has 1 aliphatic heterocycles.